The summed E-state index contributed by atoms with van der Waals surface area (Å²) in [6.45, 7) is 4.71. The van der Waals surface area contributed by atoms with Crippen LogP contribution in [0.25, 0.3) is 0 Å². The minimum absolute atomic E-state index is 0. The smallest absolute Gasteiger partial charge is 0.138 e. The van der Waals surface area contributed by atoms with Crippen LogP contribution in [0.4, 0.5) is 0 Å². The van der Waals surface area contributed by atoms with Gasteiger partial charge in [0.1, 0.15) is 5.76 Å². The Morgan fingerprint density at radius 3 is 2.14 bits per heavy atom. The Balaban J connectivity index is 0. The van der Waals surface area contributed by atoms with Crippen molar-refractivity contribution in [3.8, 4) is 0 Å². The summed E-state index contributed by atoms with van der Waals surface area (Å²) in [5, 5.41) is 6.87. The van der Waals surface area contributed by atoms with Crippen molar-refractivity contribution in [1.82, 2.24) is 15.9 Å². The van der Waals surface area contributed by atoms with Gasteiger partial charge in [0.2, 0.25) is 0 Å². The molecule has 0 aliphatic rings. The van der Waals surface area contributed by atoms with Gasteiger partial charge in [-0.15, -0.1) is 12.4 Å². The molecule has 0 spiro atoms. The predicted octanol–water partition coefficient (Wildman–Crippen LogP) is 0.512. The maximum absolute atomic E-state index is 4.96. The average Bonchev–Trinajstić information content (AvgIpc) is 2.38. The fraction of sp³-hybridized carbons (Fsp3) is 0.625. The summed E-state index contributed by atoms with van der Waals surface area (Å²) < 4.78 is 4.96. The number of hydrogen-bond acceptors (Lipinski definition) is 5. The standard InChI is InChI=1S/C7H12N2O.CH6N2.ClH/c1-5-7(4-8-3)6(2)10-9-5;1-3-2;/h8H,4H2,1-3H3;3H,2H2,1H3;1H. The first kappa shape index (κ1) is 15.8. The summed E-state index contributed by atoms with van der Waals surface area (Å²) in [6.07, 6.45) is 0. The van der Waals surface area contributed by atoms with Gasteiger partial charge in [-0.1, -0.05) is 5.16 Å². The molecule has 0 atom stereocenters. The number of halogens is 1. The lowest BCUT2D eigenvalue weighted by atomic mass is 10.2. The number of hydrazine groups is 1. The van der Waals surface area contributed by atoms with E-state index in [9.17, 15) is 0 Å². The topological polar surface area (TPSA) is 76.1 Å². The molecule has 6 heteroatoms. The molecule has 0 unspecified atom stereocenters. The third-order valence-corrected chi connectivity index (χ3v) is 1.53. The third kappa shape index (κ3) is 5.18. The molecular weight excluding hydrogens is 204 g/mol. The Labute approximate surface area is 90.8 Å². The van der Waals surface area contributed by atoms with Gasteiger partial charge in [-0.05, 0) is 27.9 Å². The molecule has 0 saturated carbocycles. The number of rotatable bonds is 2. The first-order chi connectivity index (χ1) is 6.17. The van der Waals surface area contributed by atoms with Crippen molar-refractivity contribution in [3.05, 3.63) is 17.0 Å². The average molecular weight is 223 g/mol. The first-order valence-corrected chi connectivity index (χ1v) is 4.11. The number of aromatic nitrogens is 1. The van der Waals surface area contributed by atoms with E-state index in [1.165, 1.54) is 5.56 Å². The molecule has 84 valence electrons. The van der Waals surface area contributed by atoms with Crippen LogP contribution in [0.5, 0.6) is 0 Å². The van der Waals surface area contributed by atoms with Crippen LogP contribution in [0.15, 0.2) is 4.52 Å². The van der Waals surface area contributed by atoms with Crippen molar-refractivity contribution < 1.29 is 4.52 Å². The number of aryl methyl sites for hydroxylation is 2. The number of nitrogens with two attached hydrogens (primary N) is 1. The van der Waals surface area contributed by atoms with Gasteiger partial charge >= 0.3 is 0 Å². The monoisotopic (exact) mass is 222 g/mol. The highest BCUT2D eigenvalue weighted by Gasteiger charge is 2.05. The molecule has 0 amide bonds. The van der Waals surface area contributed by atoms with E-state index in [2.05, 4.69) is 21.7 Å². The summed E-state index contributed by atoms with van der Waals surface area (Å²) in [4.78, 5) is 0. The summed E-state index contributed by atoms with van der Waals surface area (Å²) in [5.74, 6) is 5.51. The van der Waals surface area contributed by atoms with Gasteiger partial charge < -0.3 is 9.84 Å². The SMILES string of the molecule is CNCc1c(C)noc1C.CNN.Cl. The quantitative estimate of drug-likeness (QED) is 0.502. The lowest BCUT2D eigenvalue weighted by molar-refractivity contribution is 0.392. The number of hydrogen-bond donors (Lipinski definition) is 3. The van der Waals surface area contributed by atoms with Crippen molar-refractivity contribution in [2.45, 2.75) is 20.4 Å². The first-order valence-electron chi connectivity index (χ1n) is 4.11. The zero-order valence-corrected chi connectivity index (χ0v) is 9.86. The Hall–Kier alpha value is -0.620. The van der Waals surface area contributed by atoms with Crippen molar-refractivity contribution in [2.75, 3.05) is 14.1 Å². The van der Waals surface area contributed by atoms with Gasteiger partial charge in [0.05, 0.1) is 5.69 Å². The minimum atomic E-state index is 0. The van der Waals surface area contributed by atoms with Crippen LogP contribution in [0.2, 0.25) is 0 Å². The maximum atomic E-state index is 4.96. The van der Waals surface area contributed by atoms with E-state index in [4.69, 9.17) is 4.52 Å². The Kier molecular flexibility index (Phi) is 10.1. The summed E-state index contributed by atoms with van der Waals surface area (Å²) >= 11 is 0. The molecule has 14 heavy (non-hydrogen) atoms. The van der Waals surface area contributed by atoms with E-state index in [0.717, 1.165) is 18.0 Å². The molecule has 1 aromatic heterocycles. The van der Waals surface area contributed by atoms with Crippen molar-refractivity contribution in [1.29, 1.82) is 0 Å². The number of nitrogens with zero attached hydrogens (tertiary/aromatic N) is 1. The van der Waals surface area contributed by atoms with Gasteiger partial charge in [0, 0.05) is 12.1 Å². The summed E-state index contributed by atoms with van der Waals surface area (Å²) in [6, 6.07) is 0. The predicted molar refractivity (Wildman–Crippen MR) is 59.2 cm³/mol. The van der Waals surface area contributed by atoms with E-state index in [0.29, 0.717) is 0 Å². The van der Waals surface area contributed by atoms with Gasteiger partial charge in [0.15, 0.2) is 0 Å². The van der Waals surface area contributed by atoms with Crippen molar-refractivity contribution >= 4 is 12.4 Å². The van der Waals surface area contributed by atoms with Gasteiger partial charge in [-0.3, -0.25) is 11.3 Å². The van der Waals surface area contributed by atoms with Crippen LogP contribution in [0.3, 0.4) is 0 Å². The molecule has 0 aliphatic carbocycles. The Morgan fingerprint density at radius 2 is 1.86 bits per heavy atom. The zero-order chi connectivity index (χ0) is 10.3. The molecule has 1 heterocycles. The van der Waals surface area contributed by atoms with Gasteiger partial charge in [0.25, 0.3) is 0 Å². The van der Waals surface area contributed by atoms with Crippen LogP contribution < -0.4 is 16.6 Å². The van der Waals surface area contributed by atoms with Crippen LogP contribution in [0, 0.1) is 13.8 Å². The lowest BCUT2D eigenvalue weighted by Gasteiger charge is -1.94. The minimum Gasteiger partial charge on any atom is -0.361 e. The molecule has 0 radical (unpaired) electrons. The molecule has 1 rings (SSSR count). The fourth-order valence-electron chi connectivity index (χ4n) is 0.931. The highest BCUT2D eigenvalue weighted by atomic mass is 35.5. The Bertz CT molecular complexity index is 220. The highest BCUT2D eigenvalue weighted by molar-refractivity contribution is 5.85. The molecule has 5 nitrogen and oxygen atoms in total. The fourth-order valence-corrected chi connectivity index (χ4v) is 0.931. The van der Waals surface area contributed by atoms with E-state index >= 15 is 0 Å². The second-order valence-electron chi connectivity index (χ2n) is 2.62. The molecule has 0 saturated heterocycles. The van der Waals surface area contributed by atoms with Crippen LogP contribution in [-0.2, 0) is 6.54 Å². The molecular formula is C8H19ClN4O. The second kappa shape index (κ2) is 8.96. The Morgan fingerprint density at radius 1 is 1.36 bits per heavy atom. The molecule has 4 N–H and O–H groups in total. The van der Waals surface area contributed by atoms with Crippen molar-refractivity contribution in [2.24, 2.45) is 5.84 Å². The maximum Gasteiger partial charge on any atom is 0.138 e. The van der Waals surface area contributed by atoms with Crippen LogP contribution >= 0.6 is 12.4 Å². The van der Waals surface area contributed by atoms with E-state index in [1.54, 1.807) is 7.05 Å². The molecule has 0 aliphatic heterocycles. The third-order valence-electron chi connectivity index (χ3n) is 1.53. The van der Waals surface area contributed by atoms with Crippen molar-refractivity contribution in [3.63, 3.8) is 0 Å². The lowest BCUT2D eigenvalue weighted by Crippen LogP contribution is -2.13. The van der Waals surface area contributed by atoms with Gasteiger partial charge in [-0.25, -0.2) is 0 Å². The summed E-state index contributed by atoms with van der Waals surface area (Å²) in [7, 11) is 3.56. The second-order valence-corrected chi connectivity index (χ2v) is 2.62. The normalized spacial score (nSPS) is 8.64. The molecule has 0 fully saturated rings. The van der Waals surface area contributed by atoms with E-state index < -0.39 is 0 Å². The number of nitrogens with one attached hydrogen (secondary N) is 2. The largest absolute Gasteiger partial charge is 0.361 e. The van der Waals surface area contributed by atoms with E-state index in [-0.39, 0.29) is 12.4 Å². The zero-order valence-electron chi connectivity index (χ0n) is 9.05. The van der Waals surface area contributed by atoms with Gasteiger partial charge in [-0.2, -0.15) is 0 Å². The van der Waals surface area contributed by atoms with Crippen LogP contribution in [-0.4, -0.2) is 19.3 Å². The van der Waals surface area contributed by atoms with E-state index in [1.807, 2.05) is 20.9 Å². The molecule has 1 aromatic rings. The molecule has 0 aromatic carbocycles. The summed E-state index contributed by atoms with van der Waals surface area (Å²) in [5.41, 5.74) is 4.40. The molecule has 0 bridgehead atoms. The van der Waals surface area contributed by atoms with Crippen LogP contribution in [0.1, 0.15) is 17.0 Å². The highest BCUT2D eigenvalue weighted by Crippen LogP contribution is 2.10.